The smallest absolute Gasteiger partial charge is 0.337 e. The van der Waals surface area contributed by atoms with E-state index in [0.29, 0.717) is 5.75 Å². The van der Waals surface area contributed by atoms with Gasteiger partial charge in [-0.15, -0.1) is 0 Å². The molecule has 0 fully saturated rings. The first-order valence-electron chi connectivity index (χ1n) is 6.84. The van der Waals surface area contributed by atoms with Crippen LogP contribution >= 0.6 is 0 Å². The molecule has 5 nitrogen and oxygen atoms in total. The summed E-state index contributed by atoms with van der Waals surface area (Å²) in [4.78, 5) is 23.4. The topological polar surface area (TPSA) is 75.6 Å². The second-order valence-corrected chi connectivity index (χ2v) is 4.92. The summed E-state index contributed by atoms with van der Waals surface area (Å²) in [5.41, 5.74) is 1.12. The minimum Gasteiger partial charge on any atom is -0.481 e. The van der Waals surface area contributed by atoms with E-state index in [0.717, 1.165) is 5.56 Å². The first-order chi connectivity index (χ1) is 10.5. The van der Waals surface area contributed by atoms with Crippen LogP contribution in [0.15, 0.2) is 48.5 Å². The van der Waals surface area contributed by atoms with Crippen molar-refractivity contribution in [3.63, 3.8) is 0 Å². The molecule has 0 aliphatic heterocycles. The van der Waals surface area contributed by atoms with Crippen LogP contribution in [0.2, 0.25) is 0 Å². The van der Waals surface area contributed by atoms with Crippen LogP contribution in [0.4, 0.5) is 5.69 Å². The molecule has 0 saturated carbocycles. The first-order valence-corrected chi connectivity index (χ1v) is 6.84. The highest BCUT2D eigenvalue weighted by Crippen LogP contribution is 2.18. The zero-order valence-electron chi connectivity index (χ0n) is 12.4. The van der Waals surface area contributed by atoms with Gasteiger partial charge in [0.1, 0.15) is 5.75 Å². The predicted molar refractivity (Wildman–Crippen MR) is 83.3 cm³/mol. The lowest BCUT2D eigenvalue weighted by molar-refractivity contribution is -0.122. The van der Waals surface area contributed by atoms with Crippen LogP contribution < -0.4 is 10.1 Å². The number of anilines is 1. The van der Waals surface area contributed by atoms with Crippen molar-refractivity contribution < 1.29 is 19.4 Å². The molecular weight excluding hydrogens is 282 g/mol. The minimum atomic E-state index is -1.09. The summed E-state index contributed by atoms with van der Waals surface area (Å²) < 4.78 is 5.51. The van der Waals surface area contributed by atoms with E-state index in [1.807, 2.05) is 18.2 Å². The molecule has 2 rings (SSSR count). The van der Waals surface area contributed by atoms with Gasteiger partial charge in [0.15, 0.2) is 6.10 Å². The monoisotopic (exact) mass is 299 g/mol. The Morgan fingerprint density at radius 1 is 1.14 bits per heavy atom. The van der Waals surface area contributed by atoms with Gasteiger partial charge in [0, 0.05) is 0 Å². The fourth-order valence-corrected chi connectivity index (χ4v) is 1.94. The number of carbonyl (C=O) groups is 2. The highest BCUT2D eigenvalue weighted by Gasteiger charge is 2.18. The zero-order valence-corrected chi connectivity index (χ0v) is 12.4. The SMILES string of the molecule is Cc1ccc(NC(=O)C(C)Oc2ccccc2)c(C(=O)O)c1. The van der Waals surface area contributed by atoms with Crippen molar-refractivity contribution in [2.24, 2.45) is 0 Å². The van der Waals surface area contributed by atoms with Gasteiger partial charge >= 0.3 is 5.97 Å². The summed E-state index contributed by atoms with van der Waals surface area (Å²) in [6.45, 7) is 3.40. The van der Waals surface area contributed by atoms with Crippen LogP contribution in [0.1, 0.15) is 22.8 Å². The van der Waals surface area contributed by atoms with E-state index in [-0.39, 0.29) is 11.3 Å². The predicted octanol–water partition coefficient (Wildman–Crippen LogP) is 3.10. The van der Waals surface area contributed by atoms with E-state index in [1.165, 1.54) is 6.07 Å². The number of hydrogen-bond donors (Lipinski definition) is 2. The third-order valence-electron chi connectivity index (χ3n) is 3.09. The number of amides is 1. The second-order valence-electron chi connectivity index (χ2n) is 4.92. The molecular formula is C17H17NO4. The van der Waals surface area contributed by atoms with Gasteiger partial charge in [-0.25, -0.2) is 4.79 Å². The summed E-state index contributed by atoms with van der Waals surface area (Å²) >= 11 is 0. The summed E-state index contributed by atoms with van der Waals surface area (Å²) in [6, 6.07) is 13.8. The summed E-state index contributed by atoms with van der Waals surface area (Å²) in [5.74, 6) is -0.918. The molecule has 0 aromatic heterocycles. The van der Waals surface area contributed by atoms with Crippen molar-refractivity contribution >= 4 is 17.6 Å². The third kappa shape index (κ3) is 3.85. The molecule has 5 heteroatoms. The number of hydrogen-bond acceptors (Lipinski definition) is 3. The van der Waals surface area contributed by atoms with Gasteiger partial charge in [-0.05, 0) is 38.1 Å². The Hall–Kier alpha value is -2.82. The quantitative estimate of drug-likeness (QED) is 0.889. The molecule has 0 aliphatic rings. The number of carboxylic acid groups (broad SMARTS) is 1. The van der Waals surface area contributed by atoms with Gasteiger partial charge in [-0.1, -0.05) is 29.8 Å². The van der Waals surface area contributed by atoms with Crippen molar-refractivity contribution in [2.75, 3.05) is 5.32 Å². The number of aromatic carboxylic acids is 1. The zero-order chi connectivity index (χ0) is 16.1. The summed E-state index contributed by atoms with van der Waals surface area (Å²) in [5, 5.41) is 11.8. The van der Waals surface area contributed by atoms with E-state index >= 15 is 0 Å². The number of rotatable bonds is 5. The van der Waals surface area contributed by atoms with Gasteiger partial charge in [0.2, 0.25) is 0 Å². The summed E-state index contributed by atoms with van der Waals surface area (Å²) in [6.07, 6.45) is -0.745. The summed E-state index contributed by atoms with van der Waals surface area (Å²) in [7, 11) is 0. The lowest BCUT2D eigenvalue weighted by Gasteiger charge is -2.16. The van der Waals surface area contributed by atoms with Gasteiger partial charge in [-0.3, -0.25) is 4.79 Å². The fourth-order valence-electron chi connectivity index (χ4n) is 1.94. The molecule has 114 valence electrons. The molecule has 2 N–H and O–H groups in total. The number of benzene rings is 2. The molecule has 0 radical (unpaired) electrons. The molecule has 0 aliphatic carbocycles. The number of carbonyl (C=O) groups excluding carboxylic acids is 1. The molecule has 1 atom stereocenters. The maximum absolute atomic E-state index is 12.1. The van der Waals surface area contributed by atoms with Crippen LogP contribution in [0.25, 0.3) is 0 Å². The van der Waals surface area contributed by atoms with E-state index in [9.17, 15) is 14.7 Å². The molecule has 0 spiro atoms. The average Bonchev–Trinajstić information content (AvgIpc) is 2.49. The molecule has 0 heterocycles. The Kier molecular flexibility index (Phi) is 4.78. The Labute approximate surface area is 128 Å². The third-order valence-corrected chi connectivity index (χ3v) is 3.09. The minimum absolute atomic E-state index is 0.0558. The second kappa shape index (κ2) is 6.76. The largest absolute Gasteiger partial charge is 0.481 e. The van der Waals surface area contributed by atoms with E-state index in [2.05, 4.69) is 5.32 Å². The highest BCUT2D eigenvalue weighted by atomic mass is 16.5. The standard InChI is InChI=1S/C17H17NO4/c1-11-8-9-15(14(10-11)17(20)21)18-16(19)12(2)22-13-6-4-3-5-7-13/h3-10,12H,1-2H3,(H,18,19)(H,20,21). The molecule has 1 amide bonds. The lowest BCUT2D eigenvalue weighted by atomic mass is 10.1. The number of para-hydroxylation sites is 1. The van der Waals surface area contributed by atoms with Gasteiger partial charge in [-0.2, -0.15) is 0 Å². The average molecular weight is 299 g/mol. The fraction of sp³-hybridized carbons (Fsp3) is 0.176. The van der Waals surface area contributed by atoms with Crippen LogP contribution in [0, 0.1) is 6.92 Å². The first kappa shape index (κ1) is 15.6. The van der Waals surface area contributed by atoms with Gasteiger partial charge in [0.25, 0.3) is 5.91 Å². The molecule has 0 bridgehead atoms. The van der Waals surface area contributed by atoms with Crippen molar-refractivity contribution in [3.05, 3.63) is 59.7 Å². The maximum atomic E-state index is 12.1. The van der Waals surface area contributed by atoms with Crippen molar-refractivity contribution in [2.45, 2.75) is 20.0 Å². The van der Waals surface area contributed by atoms with E-state index in [1.54, 1.807) is 38.1 Å². The maximum Gasteiger partial charge on any atom is 0.337 e. The Morgan fingerprint density at radius 3 is 2.45 bits per heavy atom. The van der Waals surface area contributed by atoms with Crippen molar-refractivity contribution in [3.8, 4) is 5.75 Å². The van der Waals surface area contributed by atoms with Crippen molar-refractivity contribution in [1.82, 2.24) is 0 Å². The molecule has 22 heavy (non-hydrogen) atoms. The number of aryl methyl sites for hydroxylation is 1. The van der Waals surface area contributed by atoms with E-state index < -0.39 is 18.0 Å². The van der Waals surface area contributed by atoms with Crippen molar-refractivity contribution in [1.29, 1.82) is 0 Å². The van der Waals surface area contributed by atoms with Gasteiger partial charge in [0.05, 0.1) is 11.3 Å². The normalized spacial score (nSPS) is 11.5. The van der Waals surface area contributed by atoms with E-state index in [4.69, 9.17) is 4.74 Å². The molecule has 0 saturated heterocycles. The number of nitrogens with one attached hydrogen (secondary N) is 1. The van der Waals surface area contributed by atoms with Crippen LogP contribution in [-0.4, -0.2) is 23.1 Å². The Bertz CT molecular complexity index is 682. The number of carboxylic acids is 1. The Balaban J connectivity index is 2.10. The van der Waals surface area contributed by atoms with Crippen LogP contribution in [-0.2, 0) is 4.79 Å². The lowest BCUT2D eigenvalue weighted by Crippen LogP contribution is -2.30. The highest BCUT2D eigenvalue weighted by molar-refractivity contribution is 6.01. The molecule has 2 aromatic rings. The Morgan fingerprint density at radius 2 is 1.82 bits per heavy atom. The van der Waals surface area contributed by atoms with Crippen LogP contribution in [0.5, 0.6) is 5.75 Å². The number of ether oxygens (including phenoxy) is 1. The van der Waals surface area contributed by atoms with Gasteiger partial charge < -0.3 is 15.2 Å². The molecule has 1 unspecified atom stereocenters. The van der Waals surface area contributed by atoms with Crippen LogP contribution in [0.3, 0.4) is 0 Å². The molecule has 2 aromatic carbocycles.